The highest BCUT2D eigenvalue weighted by Crippen LogP contribution is 2.42. The molecule has 4 aromatic rings. The van der Waals surface area contributed by atoms with Crippen LogP contribution < -0.4 is 4.90 Å². The summed E-state index contributed by atoms with van der Waals surface area (Å²) in [4.78, 5) is 21.0. The molecule has 2 saturated heterocycles. The second-order valence-corrected chi connectivity index (χ2v) is 11.7. The SMILES string of the molecule is Cn1cc(-c2cc(-c3ccc(N4[C@@H]5CC[C@H]4C[C@@H](N(C(=O)O)C(C)(C)C)C5)nc3)c3c(C#N)cnn3c2)cn1. The van der Waals surface area contributed by atoms with Gasteiger partial charge in [0.25, 0.3) is 0 Å². The molecule has 0 spiro atoms. The Hall–Kier alpha value is -4.39. The van der Waals surface area contributed by atoms with Gasteiger partial charge < -0.3 is 14.9 Å². The van der Waals surface area contributed by atoms with Crippen molar-refractivity contribution in [2.45, 2.75) is 70.1 Å². The van der Waals surface area contributed by atoms with Gasteiger partial charge in [0, 0.05) is 71.6 Å². The maximum absolute atomic E-state index is 12.1. The number of fused-ring (bicyclic) bond motifs is 3. The van der Waals surface area contributed by atoms with Crippen LogP contribution in [0.4, 0.5) is 10.6 Å². The van der Waals surface area contributed by atoms with E-state index in [9.17, 15) is 15.2 Å². The molecule has 10 nitrogen and oxygen atoms in total. The van der Waals surface area contributed by atoms with Gasteiger partial charge in [-0.1, -0.05) is 0 Å². The van der Waals surface area contributed by atoms with E-state index in [1.165, 1.54) is 0 Å². The summed E-state index contributed by atoms with van der Waals surface area (Å²) in [5.74, 6) is 0.913. The van der Waals surface area contributed by atoms with Gasteiger partial charge in [-0.3, -0.25) is 4.68 Å². The Kier molecular flexibility index (Phi) is 5.83. The fourth-order valence-electron chi connectivity index (χ4n) is 6.57. The van der Waals surface area contributed by atoms with Crippen molar-refractivity contribution in [1.82, 2.24) is 29.3 Å². The van der Waals surface area contributed by atoms with Crippen LogP contribution in [0.3, 0.4) is 0 Å². The topological polar surface area (TPSA) is 116 Å². The highest BCUT2D eigenvalue weighted by atomic mass is 16.4. The molecule has 200 valence electrons. The summed E-state index contributed by atoms with van der Waals surface area (Å²) < 4.78 is 3.51. The molecule has 0 saturated carbocycles. The molecule has 6 rings (SSSR count). The second-order valence-electron chi connectivity index (χ2n) is 11.7. The Morgan fingerprint density at radius 2 is 1.79 bits per heavy atom. The van der Waals surface area contributed by atoms with Gasteiger partial charge in [0.1, 0.15) is 11.9 Å². The van der Waals surface area contributed by atoms with Gasteiger partial charge in [0.2, 0.25) is 0 Å². The summed E-state index contributed by atoms with van der Waals surface area (Å²) in [5.41, 5.74) is 4.51. The smallest absolute Gasteiger partial charge is 0.407 e. The molecule has 0 aliphatic carbocycles. The molecule has 1 amide bonds. The Balaban J connectivity index is 1.32. The third-order valence-corrected chi connectivity index (χ3v) is 8.10. The molecule has 3 atom stereocenters. The first-order valence-electron chi connectivity index (χ1n) is 13.3. The number of carbonyl (C=O) groups is 1. The maximum Gasteiger partial charge on any atom is 0.407 e. The van der Waals surface area contributed by atoms with Crippen molar-refractivity contribution in [3.63, 3.8) is 0 Å². The van der Waals surface area contributed by atoms with E-state index in [0.717, 1.165) is 59.3 Å². The first-order valence-corrected chi connectivity index (χ1v) is 13.3. The quantitative estimate of drug-likeness (QED) is 0.402. The number of piperidine rings is 1. The summed E-state index contributed by atoms with van der Waals surface area (Å²) in [6.45, 7) is 5.90. The number of nitriles is 1. The fourth-order valence-corrected chi connectivity index (χ4v) is 6.57. The highest BCUT2D eigenvalue weighted by Gasteiger charge is 2.46. The number of hydrogen-bond acceptors (Lipinski definition) is 6. The minimum absolute atomic E-state index is 0.00490. The lowest BCUT2D eigenvalue weighted by Crippen LogP contribution is -2.57. The van der Waals surface area contributed by atoms with E-state index >= 15 is 0 Å². The number of aromatic nitrogens is 5. The number of rotatable bonds is 4. The molecule has 2 aliphatic heterocycles. The van der Waals surface area contributed by atoms with E-state index in [0.29, 0.717) is 5.56 Å². The molecule has 39 heavy (non-hydrogen) atoms. The Morgan fingerprint density at radius 1 is 1.05 bits per heavy atom. The summed E-state index contributed by atoms with van der Waals surface area (Å²) in [6.07, 6.45) is 12.0. The number of amides is 1. The molecular formula is C29H32N8O2. The lowest BCUT2D eigenvalue weighted by atomic mass is 9.92. The monoisotopic (exact) mass is 524 g/mol. The lowest BCUT2D eigenvalue weighted by molar-refractivity contribution is 0.0558. The van der Waals surface area contributed by atoms with Gasteiger partial charge in [-0.25, -0.2) is 14.3 Å². The molecular weight excluding hydrogens is 492 g/mol. The van der Waals surface area contributed by atoms with Gasteiger partial charge in [0.05, 0.1) is 23.5 Å². The Labute approximate surface area is 227 Å². The molecule has 2 bridgehead atoms. The zero-order chi connectivity index (χ0) is 27.5. The molecule has 6 heterocycles. The number of nitrogens with zero attached hydrogens (tertiary/aromatic N) is 8. The number of aryl methyl sites for hydroxylation is 1. The Bertz CT molecular complexity index is 1580. The lowest BCUT2D eigenvalue weighted by Gasteiger charge is -2.47. The third kappa shape index (κ3) is 4.28. The number of pyridine rings is 2. The average Bonchev–Trinajstić information content (AvgIpc) is 3.58. The third-order valence-electron chi connectivity index (χ3n) is 8.10. The molecule has 0 aromatic carbocycles. The molecule has 1 N–H and O–H groups in total. The molecule has 2 fully saturated rings. The second kappa shape index (κ2) is 9.12. The van der Waals surface area contributed by atoms with E-state index in [1.807, 2.05) is 52.6 Å². The molecule has 0 unspecified atom stereocenters. The summed E-state index contributed by atoms with van der Waals surface area (Å²) in [6, 6.07) is 8.96. The van der Waals surface area contributed by atoms with Gasteiger partial charge in [-0.2, -0.15) is 15.5 Å². The van der Waals surface area contributed by atoms with Crippen molar-refractivity contribution in [3.05, 3.63) is 54.7 Å². The average molecular weight is 525 g/mol. The molecule has 2 aliphatic rings. The van der Waals surface area contributed by atoms with E-state index in [2.05, 4.69) is 39.4 Å². The van der Waals surface area contributed by atoms with Crippen LogP contribution in [-0.2, 0) is 7.05 Å². The standard InChI is InChI=1S/C29H32N8O2/c1-29(2,3)37(28(38)39)24-10-22-6-7-23(11-24)36(22)26-8-5-18(13-31-26)25-9-19(21-15-32-34(4)16-21)17-35-27(25)20(12-30)14-33-35/h5,8-9,13-17,22-24H,6-7,10-11H2,1-4H3,(H,38,39)/t22-,23+,24+. The summed E-state index contributed by atoms with van der Waals surface area (Å²) in [7, 11) is 1.88. The zero-order valence-electron chi connectivity index (χ0n) is 22.6. The highest BCUT2D eigenvalue weighted by molar-refractivity contribution is 5.87. The predicted molar refractivity (Wildman–Crippen MR) is 147 cm³/mol. The van der Waals surface area contributed by atoms with Crippen LogP contribution in [0, 0.1) is 11.3 Å². The summed E-state index contributed by atoms with van der Waals surface area (Å²) in [5, 5.41) is 28.4. The van der Waals surface area contributed by atoms with Crippen molar-refractivity contribution in [2.24, 2.45) is 7.05 Å². The molecule has 10 heteroatoms. The number of hydrogen-bond donors (Lipinski definition) is 1. The van der Waals surface area contributed by atoms with E-state index in [-0.39, 0.29) is 18.1 Å². The van der Waals surface area contributed by atoms with Crippen molar-refractivity contribution in [2.75, 3.05) is 4.90 Å². The van der Waals surface area contributed by atoms with E-state index in [4.69, 9.17) is 4.98 Å². The molecule has 4 aromatic heterocycles. The number of carboxylic acid groups (broad SMARTS) is 1. The minimum atomic E-state index is -0.848. The van der Waals surface area contributed by atoms with Gasteiger partial charge in [-0.05, 0) is 64.7 Å². The van der Waals surface area contributed by atoms with Crippen LogP contribution in [0.25, 0.3) is 27.8 Å². The maximum atomic E-state index is 12.1. The number of anilines is 1. The van der Waals surface area contributed by atoms with Crippen LogP contribution >= 0.6 is 0 Å². The largest absolute Gasteiger partial charge is 0.465 e. The first-order chi connectivity index (χ1) is 18.6. The van der Waals surface area contributed by atoms with E-state index in [1.54, 1.807) is 20.3 Å². The summed E-state index contributed by atoms with van der Waals surface area (Å²) >= 11 is 0. The van der Waals surface area contributed by atoms with Crippen LogP contribution in [0.15, 0.2) is 49.2 Å². The Morgan fingerprint density at radius 3 is 2.36 bits per heavy atom. The zero-order valence-corrected chi connectivity index (χ0v) is 22.6. The fraction of sp³-hybridized carbons (Fsp3) is 0.414. The van der Waals surface area contributed by atoms with Gasteiger partial charge in [-0.15, -0.1) is 0 Å². The van der Waals surface area contributed by atoms with Crippen molar-refractivity contribution >= 4 is 17.4 Å². The first kappa shape index (κ1) is 24.9. The van der Waals surface area contributed by atoms with Crippen LogP contribution in [-0.4, -0.2) is 64.1 Å². The van der Waals surface area contributed by atoms with Crippen molar-refractivity contribution < 1.29 is 9.90 Å². The van der Waals surface area contributed by atoms with Crippen molar-refractivity contribution in [1.29, 1.82) is 5.26 Å². The van der Waals surface area contributed by atoms with Gasteiger partial charge >= 0.3 is 6.09 Å². The minimum Gasteiger partial charge on any atom is -0.465 e. The van der Waals surface area contributed by atoms with E-state index < -0.39 is 11.6 Å². The van der Waals surface area contributed by atoms with Crippen LogP contribution in [0.1, 0.15) is 52.0 Å². The van der Waals surface area contributed by atoms with Crippen molar-refractivity contribution in [3.8, 4) is 28.3 Å². The predicted octanol–water partition coefficient (Wildman–Crippen LogP) is 4.95. The van der Waals surface area contributed by atoms with Crippen LogP contribution in [0.5, 0.6) is 0 Å². The normalized spacial score (nSPS) is 20.8. The van der Waals surface area contributed by atoms with Crippen LogP contribution in [0.2, 0.25) is 0 Å². The molecule has 0 radical (unpaired) electrons. The van der Waals surface area contributed by atoms with Gasteiger partial charge in [0.15, 0.2) is 0 Å².